The molecule has 78 valence electrons. The molecule has 4 heteroatoms. The van der Waals surface area contributed by atoms with E-state index in [-0.39, 0.29) is 17.2 Å². The SMILES string of the molecule is CCC(CC)c1cc(=O)n(C)c(=O)[nH]1. The normalized spacial score (nSPS) is 10.9. The van der Waals surface area contributed by atoms with Gasteiger partial charge in [0.15, 0.2) is 0 Å². The van der Waals surface area contributed by atoms with Crippen LogP contribution in [-0.4, -0.2) is 9.55 Å². The van der Waals surface area contributed by atoms with Gasteiger partial charge in [0.05, 0.1) is 0 Å². The summed E-state index contributed by atoms with van der Waals surface area (Å²) < 4.78 is 1.08. The van der Waals surface area contributed by atoms with Crippen molar-refractivity contribution in [2.24, 2.45) is 7.05 Å². The quantitative estimate of drug-likeness (QED) is 0.783. The highest BCUT2D eigenvalue weighted by atomic mass is 16.2. The third-order valence-electron chi connectivity index (χ3n) is 2.59. The van der Waals surface area contributed by atoms with Crippen LogP contribution in [0.2, 0.25) is 0 Å². The molecule has 0 radical (unpaired) electrons. The molecule has 1 aromatic heterocycles. The van der Waals surface area contributed by atoms with Gasteiger partial charge in [0.25, 0.3) is 5.56 Å². The second-order valence-electron chi connectivity index (χ2n) is 3.44. The molecule has 14 heavy (non-hydrogen) atoms. The fourth-order valence-corrected chi connectivity index (χ4v) is 1.52. The smallest absolute Gasteiger partial charge is 0.311 e. The van der Waals surface area contributed by atoms with Crippen molar-refractivity contribution in [3.8, 4) is 0 Å². The maximum atomic E-state index is 11.3. The Kier molecular flexibility index (Phi) is 3.28. The van der Waals surface area contributed by atoms with E-state index < -0.39 is 0 Å². The first kappa shape index (κ1) is 10.8. The Morgan fingerprint density at radius 2 is 1.93 bits per heavy atom. The van der Waals surface area contributed by atoms with Crippen LogP contribution in [0, 0.1) is 0 Å². The van der Waals surface area contributed by atoms with Gasteiger partial charge in [0, 0.05) is 18.8 Å². The van der Waals surface area contributed by atoms with Crippen molar-refractivity contribution in [2.45, 2.75) is 32.6 Å². The van der Waals surface area contributed by atoms with E-state index in [1.807, 2.05) is 13.8 Å². The van der Waals surface area contributed by atoms with Crippen molar-refractivity contribution in [1.82, 2.24) is 9.55 Å². The lowest BCUT2D eigenvalue weighted by Crippen LogP contribution is -2.33. The summed E-state index contributed by atoms with van der Waals surface area (Å²) in [7, 11) is 1.47. The maximum Gasteiger partial charge on any atom is 0.328 e. The van der Waals surface area contributed by atoms with Crippen molar-refractivity contribution >= 4 is 0 Å². The standard InChI is InChI=1S/C10H16N2O2/c1-4-7(5-2)8-6-9(13)12(3)10(14)11-8/h6-7H,4-5H2,1-3H3,(H,11,14). The molecule has 4 nitrogen and oxygen atoms in total. The van der Waals surface area contributed by atoms with Gasteiger partial charge in [-0.15, -0.1) is 0 Å². The number of H-pyrrole nitrogens is 1. The van der Waals surface area contributed by atoms with Crippen LogP contribution >= 0.6 is 0 Å². The van der Waals surface area contributed by atoms with E-state index in [2.05, 4.69) is 4.98 Å². The predicted octanol–water partition coefficient (Wildman–Crippen LogP) is 0.977. The fraction of sp³-hybridized carbons (Fsp3) is 0.600. The Hall–Kier alpha value is -1.32. The highest BCUT2D eigenvalue weighted by Crippen LogP contribution is 2.18. The van der Waals surface area contributed by atoms with E-state index in [0.29, 0.717) is 0 Å². The molecular formula is C10H16N2O2. The first-order valence-electron chi connectivity index (χ1n) is 4.90. The zero-order valence-corrected chi connectivity index (χ0v) is 8.83. The second kappa shape index (κ2) is 4.26. The molecule has 0 unspecified atom stereocenters. The number of rotatable bonds is 3. The minimum absolute atomic E-state index is 0.240. The van der Waals surface area contributed by atoms with Crippen LogP contribution in [-0.2, 0) is 7.05 Å². The average Bonchev–Trinajstić information content (AvgIpc) is 2.16. The van der Waals surface area contributed by atoms with Crippen LogP contribution in [0.1, 0.15) is 38.3 Å². The first-order chi connectivity index (χ1) is 6.60. The predicted molar refractivity (Wildman–Crippen MR) is 55.6 cm³/mol. The van der Waals surface area contributed by atoms with Gasteiger partial charge in [0.1, 0.15) is 0 Å². The summed E-state index contributed by atoms with van der Waals surface area (Å²) in [5, 5.41) is 0. The Bertz CT molecular complexity index is 382. The molecular weight excluding hydrogens is 180 g/mol. The van der Waals surface area contributed by atoms with Crippen LogP contribution in [0.5, 0.6) is 0 Å². The molecule has 0 amide bonds. The summed E-state index contributed by atoms with van der Waals surface area (Å²) in [6.07, 6.45) is 1.86. The highest BCUT2D eigenvalue weighted by molar-refractivity contribution is 5.06. The number of aromatic nitrogens is 2. The van der Waals surface area contributed by atoms with Gasteiger partial charge in [-0.2, -0.15) is 0 Å². The van der Waals surface area contributed by atoms with Crippen LogP contribution in [0.25, 0.3) is 0 Å². The van der Waals surface area contributed by atoms with Crippen molar-refractivity contribution in [1.29, 1.82) is 0 Å². The van der Waals surface area contributed by atoms with Crippen LogP contribution in [0.4, 0.5) is 0 Å². The lowest BCUT2D eigenvalue weighted by Gasteiger charge is -2.11. The van der Waals surface area contributed by atoms with E-state index in [0.717, 1.165) is 23.1 Å². The molecule has 0 bridgehead atoms. The van der Waals surface area contributed by atoms with Gasteiger partial charge in [-0.25, -0.2) is 4.79 Å². The number of nitrogens with zero attached hydrogens (tertiary/aromatic N) is 1. The molecule has 0 aromatic carbocycles. The summed E-state index contributed by atoms with van der Waals surface area (Å²) in [6, 6.07) is 1.51. The molecule has 1 N–H and O–H groups in total. The molecule has 1 heterocycles. The van der Waals surface area contributed by atoms with E-state index >= 15 is 0 Å². The van der Waals surface area contributed by atoms with Gasteiger partial charge in [-0.05, 0) is 18.8 Å². The van der Waals surface area contributed by atoms with E-state index in [4.69, 9.17) is 0 Å². The summed E-state index contributed by atoms with van der Waals surface area (Å²) in [4.78, 5) is 25.4. The average molecular weight is 196 g/mol. The van der Waals surface area contributed by atoms with Gasteiger partial charge >= 0.3 is 5.69 Å². The molecule has 1 aromatic rings. The molecule has 0 aliphatic heterocycles. The Balaban J connectivity index is 3.25. The minimum Gasteiger partial charge on any atom is -0.311 e. The lowest BCUT2D eigenvalue weighted by atomic mass is 9.99. The molecule has 0 aliphatic carbocycles. The zero-order chi connectivity index (χ0) is 10.7. The number of hydrogen-bond acceptors (Lipinski definition) is 2. The largest absolute Gasteiger partial charge is 0.328 e. The number of aromatic amines is 1. The fourth-order valence-electron chi connectivity index (χ4n) is 1.52. The Morgan fingerprint density at radius 3 is 2.36 bits per heavy atom. The van der Waals surface area contributed by atoms with Gasteiger partial charge in [-0.1, -0.05) is 13.8 Å². The molecule has 0 saturated heterocycles. The topological polar surface area (TPSA) is 54.9 Å². The monoisotopic (exact) mass is 196 g/mol. The van der Waals surface area contributed by atoms with Crippen molar-refractivity contribution < 1.29 is 0 Å². The minimum atomic E-state index is -0.334. The van der Waals surface area contributed by atoms with Crippen molar-refractivity contribution in [3.05, 3.63) is 32.6 Å². The van der Waals surface area contributed by atoms with Gasteiger partial charge in [-0.3, -0.25) is 9.36 Å². The summed E-state index contributed by atoms with van der Waals surface area (Å²) in [5.74, 6) is 0.275. The number of hydrogen-bond donors (Lipinski definition) is 1. The van der Waals surface area contributed by atoms with E-state index in [1.165, 1.54) is 13.1 Å². The summed E-state index contributed by atoms with van der Waals surface area (Å²) >= 11 is 0. The Morgan fingerprint density at radius 1 is 1.36 bits per heavy atom. The van der Waals surface area contributed by atoms with Crippen LogP contribution in [0.3, 0.4) is 0 Å². The third kappa shape index (κ3) is 1.95. The van der Waals surface area contributed by atoms with E-state index in [9.17, 15) is 9.59 Å². The second-order valence-corrected chi connectivity index (χ2v) is 3.44. The highest BCUT2D eigenvalue weighted by Gasteiger charge is 2.09. The number of nitrogens with one attached hydrogen (secondary N) is 1. The van der Waals surface area contributed by atoms with Crippen molar-refractivity contribution in [2.75, 3.05) is 0 Å². The molecule has 0 atom stereocenters. The summed E-state index contributed by atoms with van der Waals surface area (Å²) in [6.45, 7) is 4.09. The zero-order valence-electron chi connectivity index (χ0n) is 8.83. The molecule has 0 saturated carbocycles. The van der Waals surface area contributed by atoms with Crippen molar-refractivity contribution in [3.63, 3.8) is 0 Å². The van der Waals surface area contributed by atoms with Crippen LogP contribution in [0.15, 0.2) is 15.7 Å². The first-order valence-corrected chi connectivity index (χ1v) is 4.90. The third-order valence-corrected chi connectivity index (χ3v) is 2.59. The summed E-state index contributed by atoms with van der Waals surface area (Å²) in [5.41, 5.74) is 0.179. The van der Waals surface area contributed by atoms with Gasteiger partial charge < -0.3 is 4.98 Å². The lowest BCUT2D eigenvalue weighted by molar-refractivity contribution is 0.606. The van der Waals surface area contributed by atoms with E-state index in [1.54, 1.807) is 0 Å². The molecule has 0 aliphatic rings. The molecule has 0 fully saturated rings. The molecule has 0 spiro atoms. The maximum absolute atomic E-state index is 11.3. The van der Waals surface area contributed by atoms with Crippen LogP contribution < -0.4 is 11.2 Å². The molecule has 1 rings (SSSR count). The Labute approximate surface area is 82.6 Å². The van der Waals surface area contributed by atoms with Gasteiger partial charge in [0.2, 0.25) is 0 Å².